The first-order chi connectivity index (χ1) is 12.4. The van der Waals surface area contributed by atoms with E-state index in [9.17, 15) is 4.79 Å². The van der Waals surface area contributed by atoms with Crippen molar-refractivity contribution in [3.8, 4) is 17.0 Å². The summed E-state index contributed by atoms with van der Waals surface area (Å²) in [5, 5.41) is 5.32. The average Bonchev–Trinajstić information content (AvgIpc) is 3.04. The number of anilines is 1. The Morgan fingerprint density at radius 1 is 1.15 bits per heavy atom. The van der Waals surface area contributed by atoms with Crippen LogP contribution in [0.2, 0.25) is 0 Å². The molecular weight excluding hydrogens is 412 g/mol. The van der Waals surface area contributed by atoms with Gasteiger partial charge in [0.15, 0.2) is 11.7 Å². The predicted molar refractivity (Wildman–Crippen MR) is 110 cm³/mol. The van der Waals surface area contributed by atoms with Crippen LogP contribution in [0.4, 0.5) is 5.13 Å². The van der Waals surface area contributed by atoms with Gasteiger partial charge in [-0.25, -0.2) is 4.98 Å². The average molecular weight is 431 g/mol. The molecule has 0 unspecified atom stereocenters. The van der Waals surface area contributed by atoms with Crippen LogP contribution < -0.4 is 10.1 Å². The number of hydrogen-bond donors (Lipinski definition) is 1. The molecule has 0 fully saturated rings. The molecule has 1 aromatic heterocycles. The standard InChI is InChI=1S/C20H19BrN2O2S/c1-12-4-6-14(3)15(8-12)17-11-26-20(22-17)23-19(24)10-25-18-7-5-13(2)9-16(18)21/h4-9,11H,10H2,1-3H3,(H,22,23,24). The Balaban J connectivity index is 1.63. The van der Waals surface area contributed by atoms with Crippen molar-refractivity contribution >= 4 is 38.3 Å². The molecule has 0 aliphatic rings. The molecule has 1 heterocycles. The lowest BCUT2D eigenvalue weighted by atomic mass is 10.0. The number of ether oxygens (including phenoxy) is 1. The highest BCUT2D eigenvalue weighted by Crippen LogP contribution is 2.28. The van der Waals surface area contributed by atoms with E-state index in [4.69, 9.17) is 4.74 Å². The summed E-state index contributed by atoms with van der Waals surface area (Å²) in [7, 11) is 0. The SMILES string of the molecule is Cc1ccc(OCC(=O)Nc2nc(-c3cc(C)ccc3C)cs2)c(Br)c1. The highest BCUT2D eigenvalue weighted by molar-refractivity contribution is 9.10. The number of carbonyl (C=O) groups is 1. The lowest BCUT2D eigenvalue weighted by Crippen LogP contribution is -2.20. The third-order valence-electron chi connectivity index (χ3n) is 3.87. The number of carbonyl (C=O) groups excluding carboxylic acids is 1. The van der Waals surface area contributed by atoms with Gasteiger partial charge in [0.2, 0.25) is 0 Å². The summed E-state index contributed by atoms with van der Waals surface area (Å²) >= 11 is 4.84. The van der Waals surface area contributed by atoms with Crippen molar-refractivity contribution < 1.29 is 9.53 Å². The van der Waals surface area contributed by atoms with E-state index in [1.165, 1.54) is 16.9 Å². The van der Waals surface area contributed by atoms with E-state index < -0.39 is 0 Å². The maximum atomic E-state index is 12.1. The van der Waals surface area contributed by atoms with Gasteiger partial charge in [-0.2, -0.15) is 0 Å². The largest absolute Gasteiger partial charge is 0.483 e. The van der Waals surface area contributed by atoms with Crippen molar-refractivity contribution in [2.75, 3.05) is 11.9 Å². The lowest BCUT2D eigenvalue weighted by Gasteiger charge is -2.08. The third-order valence-corrected chi connectivity index (χ3v) is 5.24. The normalized spacial score (nSPS) is 10.6. The van der Waals surface area contributed by atoms with E-state index in [0.717, 1.165) is 26.9 Å². The summed E-state index contributed by atoms with van der Waals surface area (Å²) < 4.78 is 6.40. The Kier molecular flexibility index (Phi) is 5.74. The van der Waals surface area contributed by atoms with E-state index >= 15 is 0 Å². The maximum absolute atomic E-state index is 12.1. The Bertz CT molecular complexity index is 953. The third kappa shape index (κ3) is 4.51. The van der Waals surface area contributed by atoms with Gasteiger partial charge in [0.25, 0.3) is 5.91 Å². The van der Waals surface area contributed by atoms with Gasteiger partial charge < -0.3 is 4.74 Å². The van der Waals surface area contributed by atoms with Crippen LogP contribution in [0.5, 0.6) is 5.75 Å². The molecule has 4 nitrogen and oxygen atoms in total. The molecule has 6 heteroatoms. The van der Waals surface area contributed by atoms with E-state index in [2.05, 4.69) is 58.3 Å². The zero-order valence-corrected chi connectivity index (χ0v) is 17.2. The van der Waals surface area contributed by atoms with Crippen molar-refractivity contribution in [3.63, 3.8) is 0 Å². The number of rotatable bonds is 5. The molecule has 2 aromatic carbocycles. The number of nitrogens with one attached hydrogen (secondary N) is 1. The van der Waals surface area contributed by atoms with Gasteiger partial charge in [-0.1, -0.05) is 23.8 Å². The molecule has 0 spiro atoms. The van der Waals surface area contributed by atoms with E-state index in [1.807, 2.05) is 30.5 Å². The number of benzene rings is 2. The summed E-state index contributed by atoms with van der Waals surface area (Å²) in [6.07, 6.45) is 0. The van der Waals surface area contributed by atoms with Gasteiger partial charge in [-0.15, -0.1) is 11.3 Å². The molecule has 0 radical (unpaired) electrons. The molecule has 0 atom stereocenters. The van der Waals surface area contributed by atoms with Crippen LogP contribution in [0, 0.1) is 20.8 Å². The summed E-state index contributed by atoms with van der Waals surface area (Å²) in [5.74, 6) is 0.403. The molecule has 0 bridgehead atoms. The highest BCUT2D eigenvalue weighted by Gasteiger charge is 2.11. The Labute approximate surface area is 165 Å². The number of halogens is 1. The maximum Gasteiger partial charge on any atom is 0.264 e. The molecule has 0 aliphatic carbocycles. The van der Waals surface area contributed by atoms with Crippen molar-refractivity contribution in [3.05, 3.63) is 62.9 Å². The van der Waals surface area contributed by atoms with Crippen molar-refractivity contribution in [1.82, 2.24) is 4.98 Å². The number of aryl methyl sites for hydroxylation is 3. The van der Waals surface area contributed by atoms with Crippen molar-refractivity contribution in [2.24, 2.45) is 0 Å². The van der Waals surface area contributed by atoms with Gasteiger partial charge >= 0.3 is 0 Å². The molecular formula is C20H19BrN2O2S. The van der Waals surface area contributed by atoms with Gasteiger partial charge in [0.1, 0.15) is 5.75 Å². The molecule has 3 rings (SSSR count). The minimum atomic E-state index is -0.237. The number of aromatic nitrogens is 1. The van der Waals surface area contributed by atoms with Gasteiger partial charge in [0, 0.05) is 10.9 Å². The van der Waals surface area contributed by atoms with Crippen LogP contribution in [-0.4, -0.2) is 17.5 Å². The minimum absolute atomic E-state index is 0.0694. The topological polar surface area (TPSA) is 51.2 Å². The minimum Gasteiger partial charge on any atom is -0.483 e. The van der Waals surface area contributed by atoms with Crippen LogP contribution >= 0.6 is 27.3 Å². The Hall–Kier alpha value is -2.18. The van der Waals surface area contributed by atoms with Crippen LogP contribution in [0.25, 0.3) is 11.3 Å². The van der Waals surface area contributed by atoms with Crippen LogP contribution in [0.3, 0.4) is 0 Å². The molecule has 1 N–H and O–H groups in total. The number of thiazole rings is 1. The van der Waals surface area contributed by atoms with Gasteiger partial charge in [0.05, 0.1) is 10.2 Å². The molecule has 0 aliphatic heterocycles. The van der Waals surface area contributed by atoms with Crippen LogP contribution in [0.1, 0.15) is 16.7 Å². The first-order valence-corrected chi connectivity index (χ1v) is 9.81. The second kappa shape index (κ2) is 8.01. The van der Waals surface area contributed by atoms with Gasteiger partial charge in [-0.05, 0) is 66.0 Å². The molecule has 26 heavy (non-hydrogen) atoms. The van der Waals surface area contributed by atoms with E-state index in [1.54, 1.807) is 0 Å². The summed E-state index contributed by atoms with van der Waals surface area (Å²) in [4.78, 5) is 16.7. The molecule has 0 saturated carbocycles. The number of nitrogens with zero attached hydrogens (tertiary/aromatic N) is 1. The highest BCUT2D eigenvalue weighted by atomic mass is 79.9. The Morgan fingerprint density at radius 2 is 1.88 bits per heavy atom. The first-order valence-electron chi connectivity index (χ1n) is 8.14. The quantitative estimate of drug-likeness (QED) is 0.579. The van der Waals surface area contributed by atoms with Crippen LogP contribution in [0.15, 0.2) is 46.3 Å². The Morgan fingerprint density at radius 3 is 2.65 bits per heavy atom. The smallest absolute Gasteiger partial charge is 0.264 e. The van der Waals surface area contributed by atoms with E-state index in [0.29, 0.717) is 10.9 Å². The summed E-state index contributed by atoms with van der Waals surface area (Å²) in [6.45, 7) is 6.04. The number of hydrogen-bond acceptors (Lipinski definition) is 4. The molecule has 0 saturated heterocycles. The zero-order chi connectivity index (χ0) is 18.7. The predicted octanol–water partition coefficient (Wildman–Crippen LogP) is 5.52. The van der Waals surface area contributed by atoms with Crippen LogP contribution in [-0.2, 0) is 4.79 Å². The second-order valence-corrected chi connectivity index (χ2v) is 7.84. The fourth-order valence-electron chi connectivity index (χ4n) is 2.49. The van der Waals surface area contributed by atoms with Crippen molar-refractivity contribution in [1.29, 1.82) is 0 Å². The zero-order valence-electron chi connectivity index (χ0n) is 14.8. The summed E-state index contributed by atoms with van der Waals surface area (Å²) in [6, 6.07) is 12.0. The van der Waals surface area contributed by atoms with Gasteiger partial charge in [-0.3, -0.25) is 10.1 Å². The summed E-state index contributed by atoms with van der Waals surface area (Å²) in [5.41, 5.74) is 5.42. The monoisotopic (exact) mass is 430 g/mol. The fraction of sp³-hybridized carbons (Fsp3) is 0.200. The first kappa shape index (κ1) is 18.6. The molecule has 1 amide bonds. The molecule has 3 aromatic rings. The fourth-order valence-corrected chi connectivity index (χ4v) is 3.82. The molecule has 134 valence electrons. The second-order valence-electron chi connectivity index (χ2n) is 6.13. The van der Waals surface area contributed by atoms with Crippen molar-refractivity contribution in [2.45, 2.75) is 20.8 Å². The van der Waals surface area contributed by atoms with E-state index in [-0.39, 0.29) is 12.5 Å². The number of amides is 1. The lowest BCUT2D eigenvalue weighted by molar-refractivity contribution is -0.118.